The zero-order valence-electron chi connectivity index (χ0n) is 23.3. The number of aryl methyl sites for hydroxylation is 1. The molecule has 0 unspecified atom stereocenters. The molecule has 3 heterocycles. The number of rotatable bonds is 11. The van der Waals surface area contributed by atoms with Crippen molar-refractivity contribution in [2.45, 2.75) is 52.8 Å². The minimum Gasteiger partial charge on any atom is -0.485 e. The molecule has 9 nitrogen and oxygen atoms in total. The first-order valence-corrected chi connectivity index (χ1v) is 15.0. The van der Waals surface area contributed by atoms with Gasteiger partial charge in [0.15, 0.2) is 11.4 Å². The number of fused-ring (bicyclic) bond motifs is 1. The molecule has 3 aromatic heterocycles. The number of hydrogen-bond acceptors (Lipinski definition) is 7. The van der Waals surface area contributed by atoms with Crippen LogP contribution in [0.1, 0.15) is 38.1 Å². The van der Waals surface area contributed by atoms with Crippen LogP contribution in [0.5, 0.6) is 11.6 Å². The summed E-state index contributed by atoms with van der Waals surface area (Å²) in [5.41, 5.74) is 0.0483. The highest BCUT2D eigenvalue weighted by Crippen LogP contribution is 2.34. The van der Waals surface area contributed by atoms with E-state index in [0.29, 0.717) is 16.9 Å². The van der Waals surface area contributed by atoms with Crippen LogP contribution in [0.4, 0.5) is 13.2 Å². The van der Waals surface area contributed by atoms with Crippen molar-refractivity contribution in [1.29, 1.82) is 0 Å². The van der Waals surface area contributed by atoms with E-state index in [2.05, 4.69) is 9.97 Å². The summed E-state index contributed by atoms with van der Waals surface area (Å²) in [6, 6.07) is 7.71. The number of halogens is 3. The summed E-state index contributed by atoms with van der Waals surface area (Å²) >= 11 is 0. The summed E-state index contributed by atoms with van der Waals surface area (Å²) in [6.45, 7) is 6.20. The third kappa shape index (κ3) is 6.39. The minimum absolute atomic E-state index is 0.0378. The van der Waals surface area contributed by atoms with Crippen LogP contribution in [0, 0.1) is 12.7 Å². The number of aromatic nitrogens is 4. The monoisotopic (exact) mass is 592 g/mol. The van der Waals surface area contributed by atoms with Crippen molar-refractivity contribution >= 4 is 21.0 Å². The van der Waals surface area contributed by atoms with E-state index in [-0.39, 0.29) is 41.0 Å². The molecule has 0 saturated carbocycles. The van der Waals surface area contributed by atoms with Crippen LogP contribution in [0.25, 0.3) is 22.3 Å². The molecule has 0 aliphatic rings. The van der Waals surface area contributed by atoms with Crippen molar-refractivity contribution in [2.75, 3.05) is 18.6 Å². The lowest BCUT2D eigenvalue weighted by Gasteiger charge is -2.20. The van der Waals surface area contributed by atoms with Gasteiger partial charge in [-0.25, -0.2) is 36.4 Å². The predicted molar refractivity (Wildman–Crippen MR) is 149 cm³/mol. The normalized spacial score (nSPS) is 12.8. The van der Waals surface area contributed by atoms with Crippen LogP contribution in [-0.4, -0.2) is 58.7 Å². The largest absolute Gasteiger partial charge is 0.485 e. The molecule has 13 heteroatoms. The van der Waals surface area contributed by atoms with Gasteiger partial charge in [0.2, 0.25) is 0 Å². The molecular weight excluding hydrogens is 561 g/mol. The second kappa shape index (κ2) is 11.9. The maximum atomic E-state index is 14.7. The maximum absolute atomic E-state index is 14.7. The lowest BCUT2D eigenvalue weighted by Crippen LogP contribution is -2.33. The Labute approximate surface area is 235 Å². The molecule has 41 heavy (non-hydrogen) atoms. The number of pyridine rings is 2. The second-order valence-corrected chi connectivity index (χ2v) is 12.0. The Morgan fingerprint density at radius 1 is 1.07 bits per heavy atom. The van der Waals surface area contributed by atoms with Gasteiger partial charge in [-0.15, -0.1) is 0 Å². The van der Waals surface area contributed by atoms with Crippen LogP contribution in [0.2, 0.25) is 0 Å². The molecule has 4 aromatic rings. The number of benzene rings is 1. The molecule has 220 valence electrons. The van der Waals surface area contributed by atoms with Gasteiger partial charge in [-0.05, 0) is 51.5 Å². The lowest BCUT2D eigenvalue weighted by molar-refractivity contribution is 0.126. The predicted octanol–water partition coefficient (Wildman–Crippen LogP) is 4.79. The molecule has 0 fully saturated rings. The highest BCUT2D eigenvalue weighted by atomic mass is 32.2. The summed E-state index contributed by atoms with van der Waals surface area (Å²) < 4.78 is 80.7. The SMILES string of the molecule is CCOc1nc([C@@H](CS(C)(=O)=O)n2c(=O)n(CC(F)F)c3c(C)c(-c4ccccc4F)cnc32)ccc1OC(C)C. The number of ether oxygens (including phenoxy) is 2. The van der Waals surface area contributed by atoms with Crippen LogP contribution < -0.4 is 15.2 Å². The molecule has 0 N–H and O–H groups in total. The van der Waals surface area contributed by atoms with Gasteiger partial charge >= 0.3 is 5.69 Å². The van der Waals surface area contributed by atoms with E-state index in [1.165, 1.54) is 30.5 Å². The minimum atomic E-state index is -3.75. The van der Waals surface area contributed by atoms with Crippen molar-refractivity contribution in [3.63, 3.8) is 0 Å². The summed E-state index contributed by atoms with van der Waals surface area (Å²) in [5, 5.41) is 0. The van der Waals surface area contributed by atoms with E-state index in [0.717, 1.165) is 15.4 Å². The van der Waals surface area contributed by atoms with Gasteiger partial charge in [-0.2, -0.15) is 0 Å². The van der Waals surface area contributed by atoms with Gasteiger partial charge in [0.25, 0.3) is 12.3 Å². The number of imidazole rings is 1. The molecule has 0 aliphatic heterocycles. The van der Waals surface area contributed by atoms with Gasteiger partial charge in [0, 0.05) is 23.6 Å². The number of hydrogen-bond donors (Lipinski definition) is 0. The van der Waals surface area contributed by atoms with E-state index >= 15 is 0 Å². The van der Waals surface area contributed by atoms with Gasteiger partial charge in [0.05, 0.1) is 42.3 Å². The first-order valence-electron chi connectivity index (χ1n) is 12.9. The van der Waals surface area contributed by atoms with E-state index in [9.17, 15) is 26.4 Å². The molecule has 1 aromatic carbocycles. The summed E-state index contributed by atoms with van der Waals surface area (Å²) in [4.78, 5) is 22.7. The van der Waals surface area contributed by atoms with Crippen molar-refractivity contribution in [2.24, 2.45) is 0 Å². The van der Waals surface area contributed by atoms with Crippen LogP contribution >= 0.6 is 0 Å². The summed E-state index contributed by atoms with van der Waals surface area (Å²) in [7, 11) is -3.75. The smallest absolute Gasteiger partial charge is 0.331 e. The average Bonchev–Trinajstić information content (AvgIpc) is 3.15. The zero-order valence-corrected chi connectivity index (χ0v) is 24.1. The number of sulfone groups is 1. The van der Waals surface area contributed by atoms with E-state index in [1.807, 2.05) is 13.8 Å². The Balaban J connectivity index is 2.03. The van der Waals surface area contributed by atoms with Crippen LogP contribution in [-0.2, 0) is 16.4 Å². The molecule has 0 bridgehead atoms. The fourth-order valence-corrected chi connectivity index (χ4v) is 5.62. The standard InChI is InChI=1S/C28H31F3N4O5S/c1-6-39-27-23(40-16(2)3)12-11-21(33-27)22(15-41(5,37)38)35-26-25(34(28(35)36)14-24(30)31)17(4)19(13-32-26)18-9-7-8-10-20(18)29/h7-13,16,22,24H,6,14-15H2,1-5H3/t22-/m1/s1. The van der Waals surface area contributed by atoms with Crippen molar-refractivity contribution in [3.05, 3.63) is 70.2 Å². The Kier molecular flexibility index (Phi) is 8.76. The quantitative estimate of drug-likeness (QED) is 0.247. The zero-order chi connectivity index (χ0) is 30.1. The molecular formula is C28H31F3N4O5S. The van der Waals surface area contributed by atoms with Crippen molar-refractivity contribution in [1.82, 2.24) is 19.1 Å². The fourth-order valence-electron chi connectivity index (χ4n) is 4.72. The van der Waals surface area contributed by atoms with Gasteiger partial charge < -0.3 is 9.47 Å². The molecule has 0 radical (unpaired) electrons. The van der Waals surface area contributed by atoms with Gasteiger partial charge in [0.1, 0.15) is 15.7 Å². The van der Waals surface area contributed by atoms with Crippen LogP contribution in [0.15, 0.2) is 47.4 Å². The first kappa shape index (κ1) is 30.1. The first-order chi connectivity index (χ1) is 19.3. The maximum Gasteiger partial charge on any atom is 0.331 e. The molecule has 0 saturated heterocycles. The van der Waals surface area contributed by atoms with E-state index in [4.69, 9.17) is 9.47 Å². The second-order valence-electron chi connectivity index (χ2n) is 9.85. The molecule has 1 atom stereocenters. The van der Waals surface area contributed by atoms with E-state index in [1.54, 1.807) is 26.0 Å². The van der Waals surface area contributed by atoms with Gasteiger partial charge in [-0.1, -0.05) is 18.2 Å². The number of nitrogens with zero attached hydrogens (tertiary/aromatic N) is 4. The van der Waals surface area contributed by atoms with E-state index < -0.39 is 46.1 Å². The van der Waals surface area contributed by atoms with Crippen molar-refractivity contribution < 1.29 is 31.1 Å². The van der Waals surface area contributed by atoms with Crippen molar-refractivity contribution in [3.8, 4) is 22.8 Å². The fraction of sp³-hybridized carbons (Fsp3) is 0.393. The Morgan fingerprint density at radius 2 is 1.78 bits per heavy atom. The summed E-state index contributed by atoms with van der Waals surface area (Å²) in [5.74, 6) is -0.725. The Morgan fingerprint density at radius 3 is 2.39 bits per heavy atom. The number of alkyl halides is 2. The molecule has 0 amide bonds. The van der Waals surface area contributed by atoms with Gasteiger partial charge in [-0.3, -0.25) is 9.13 Å². The molecule has 4 rings (SSSR count). The third-order valence-electron chi connectivity index (χ3n) is 6.31. The summed E-state index contributed by atoms with van der Waals surface area (Å²) in [6.07, 6.45) is -0.779. The molecule has 0 aliphatic carbocycles. The third-order valence-corrected chi connectivity index (χ3v) is 7.23. The highest BCUT2D eigenvalue weighted by molar-refractivity contribution is 7.90. The Hall–Kier alpha value is -3.87. The van der Waals surface area contributed by atoms with Crippen LogP contribution in [0.3, 0.4) is 0 Å². The topological polar surface area (TPSA) is 105 Å². The lowest BCUT2D eigenvalue weighted by atomic mass is 10.0. The highest BCUT2D eigenvalue weighted by Gasteiger charge is 2.30. The average molecular weight is 593 g/mol. The molecule has 0 spiro atoms. The Bertz CT molecular complexity index is 1730.